The summed E-state index contributed by atoms with van der Waals surface area (Å²) in [6, 6.07) is 0. The van der Waals surface area contributed by atoms with Crippen molar-refractivity contribution in [2.45, 2.75) is 13.8 Å². The Hall–Kier alpha value is -1.26. The van der Waals surface area contributed by atoms with E-state index in [4.69, 9.17) is 11.5 Å². The molecule has 0 aromatic carbocycles. The van der Waals surface area contributed by atoms with Crippen LogP contribution in [0.1, 0.15) is 13.8 Å². The lowest BCUT2D eigenvalue weighted by Gasteiger charge is -2.04. The van der Waals surface area contributed by atoms with Gasteiger partial charge in [-0.05, 0) is 5.92 Å². The number of nitrogens with one attached hydrogen (secondary N) is 1. The summed E-state index contributed by atoms with van der Waals surface area (Å²) in [6.07, 6.45) is 0. The highest BCUT2D eigenvalue weighted by Gasteiger charge is 1.94. The van der Waals surface area contributed by atoms with E-state index in [9.17, 15) is 0 Å². The topological polar surface area (TPSA) is 88.8 Å². The van der Waals surface area contributed by atoms with E-state index in [1.165, 1.54) is 0 Å². The quantitative estimate of drug-likeness (QED) is 0.386. The van der Waals surface area contributed by atoms with Crippen LogP contribution in [0.25, 0.3) is 0 Å². The van der Waals surface area contributed by atoms with Crippen LogP contribution in [0.3, 0.4) is 0 Å². The number of nitrogens with zero attached hydrogens (tertiary/aromatic N) is 2. The summed E-state index contributed by atoms with van der Waals surface area (Å²) in [4.78, 5) is 7.71. The molecule has 0 aromatic rings. The maximum Gasteiger partial charge on any atom is 0.195 e. The van der Waals surface area contributed by atoms with Gasteiger partial charge in [0.2, 0.25) is 0 Å². The number of guanidine groups is 2. The Bertz CT molecular complexity index is 182. The molecule has 0 unspecified atom stereocenters. The average Bonchev–Trinajstić information content (AvgIpc) is 2.00. The van der Waals surface area contributed by atoms with Gasteiger partial charge in [-0.1, -0.05) is 13.8 Å². The molecule has 0 aliphatic heterocycles. The molecule has 0 aromatic heterocycles. The van der Waals surface area contributed by atoms with Gasteiger partial charge in [0.25, 0.3) is 0 Å². The molecule has 0 saturated carbocycles. The van der Waals surface area contributed by atoms with E-state index in [1.807, 2.05) is 0 Å². The largest absolute Gasteiger partial charge is 0.370 e. The predicted octanol–water partition coefficient (Wildman–Crippen LogP) is -0.509. The second-order valence-corrected chi connectivity index (χ2v) is 2.85. The molecule has 0 bridgehead atoms. The van der Waals surface area contributed by atoms with Crippen LogP contribution in [0.5, 0.6) is 0 Å². The maximum absolute atomic E-state index is 5.48. The molecule has 0 aliphatic carbocycles. The lowest BCUT2D eigenvalue weighted by molar-refractivity contribution is 0.663. The SMILES string of the molecule is CN=C(N)NC(N)=NCC(C)C. The third-order valence-electron chi connectivity index (χ3n) is 1.12. The van der Waals surface area contributed by atoms with E-state index < -0.39 is 0 Å². The molecule has 5 N–H and O–H groups in total. The fourth-order valence-corrected chi connectivity index (χ4v) is 0.508. The molecule has 5 nitrogen and oxygen atoms in total. The zero-order chi connectivity index (χ0) is 9.56. The molecule has 0 radical (unpaired) electrons. The molecule has 0 atom stereocenters. The first kappa shape index (κ1) is 10.7. The maximum atomic E-state index is 5.48. The lowest BCUT2D eigenvalue weighted by atomic mass is 10.2. The molecule has 0 heterocycles. The number of nitrogens with two attached hydrogens (primary N) is 2. The molecule has 0 aliphatic rings. The highest BCUT2D eigenvalue weighted by atomic mass is 15.2. The molecule has 12 heavy (non-hydrogen) atoms. The van der Waals surface area contributed by atoms with Crippen molar-refractivity contribution in [1.82, 2.24) is 5.32 Å². The molecule has 0 rings (SSSR count). The minimum atomic E-state index is 0.278. The first-order valence-corrected chi connectivity index (χ1v) is 3.85. The van der Waals surface area contributed by atoms with Gasteiger partial charge in [0.1, 0.15) is 0 Å². The van der Waals surface area contributed by atoms with Crippen LogP contribution in [0.4, 0.5) is 0 Å². The Morgan fingerprint density at radius 3 is 2.33 bits per heavy atom. The number of hydrogen-bond donors (Lipinski definition) is 3. The van der Waals surface area contributed by atoms with E-state index in [1.54, 1.807) is 7.05 Å². The van der Waals surface area contributed by atoms with Crippen molar-refractivity contribution in [2.24, 2.45) is 27.4 Å². The first-order chi connectivity index (χ1) is 5.56. The monoisotopic (exact) mass is 171 g/mol. The van der Waals surface area contributed by atoms with Crippen molar-refractivity contribution in [1.29, 1.82) is 0 Å². The molecular formula is C7H17N5. The summed E-state index contributed by atoms with van der Waals surface area (Å²) in [7, 11) is 1.58. The van der Waals surface area contributed by atoms with Crippen LogP contribution in [-0.4, -0.2) is 25.5 Å². The van der Waals surface area contributed by atoms with Crippen molar-refractivity contribution >= 4 is 11.9 Å². The Morgan fingerprint density at radius 1 is 1.33 bits per heavy atom. The smallest absolute Gasteiger partial charge is 0.195 e. The van der Waals surface area contributed by atoms with E-state index in [0.717, 1.165) is 0 Å². The molecule has 0 fully saturated rings. The lowest BCUT2D eigenvalue weighted by Crippen LogP contribution is -2.41. The van der Waals surface area contributed by atoms with Crippen molar-refractivity contribution in [3.8, 4) is 0 Å². The summed E-state index contributed by atoms with van der Waals surface area (Å²) >= 11 is 0. The minimum Gasteiger partial charge on any atom is -0.370 e. The average molecular weight is 171 g/mol. The standard InChI is InChI=1S/C7H17N5/c1-5(2)4-11-7(9)12-6(8)10-3/h5H,4H2,1-3H3,(H5,8,9,10,11,12). The molecule has 0 amide bonds. The second kappa shape index (κ2) is 5.40. The minimum absolute atomic E-state index is 0.278. The summed E-state index contributed by atoms with van der Waals surface area (Å²) < 4.78 is 0. The van der Waals surface area contributed by atoms with Crippen molar-refractivity contribution in [2.75, 3.05) is 13.6 Å². The number of rotatable bonds is 2. The fourth-order valence-electron chi connectivity index (χ4n) is 0.508. The van der Waals surface area contributed by atoms with Crippen LogP contribution >= 0.6 is 0 Å². The Balaban J connectivity index is 3.86. The summed E-state index contributed by atoms with van der Waals surface area (Å²) in [5.41, 5.74) is 10.8. The van der Waals surface area contributed by atoms with Gasteiger partial charge in [-0.3, -0.25) is 15.3 Å². The molecule has 70 valence electrons. The van der Waals surface area contributed by atoms with E-state index in [0.29, 0.717) is 18.4 Å². The van der Waals surface area contributed by atoms with Gasteiger partial charge in [0.15, 0.2) is 11.9 Å². The highest BCUT2D eigenvalue weighted by Crippen LogP contribution is 1.90. The first-order valence-electron chi connectivity index (χ1n) is 3.85. The van der Waals surface area contributed by atoms with Gasteiger partial charge >= 0.3 is 0 Å². The van der Waals surface area contributed by atoms with Gasteiger partial charge < -0.3 is 11.5 Å². The summed E-state index contributed by atoms with van der Waals surface area (Å²) in [5, 5.41) is 2.64. The van der Waals surface area contributed by atoms with Gasteiger partial charge in [-0.25, -0.2) is 0 Å². The van der Waals surface area contributed by atoms with Crippen LogP contribution in [0.2, 0.25) is 0 Å². The van der Waals surface area contributed by atoms with E-state index >= 15 is 0 Å². The molecule has 0 spiro atoms. The predicted molar refractivity (Wildman–Crippen MR) is 52.0 cm³/mol. The second-order valence-electron chi connectivity index (χ2n) is 2.85. The third kappa shape index (κ3) is 5.52. The Kier molecular flexibility index (Phi) is 4.83. The van der Waals surface area contributed by atoms with E-state index in [-0.39, 0.29) is 5.96 Å². The van der Waals surface area contributed by atoms with Crippen molar-refractivity contribution in [3.05, 3.63) is 0 Å². The molecule has 5 heteroatoms. The van der Waals surface area contributed by atoms with Crippen LogP contribution < -0.4 is 16.8 Å². The van der Waals surface area contributed by atoms with Gasteiger partial charge in [-0.2, -0.15) is 0 Å². The Labute approximate surface area is 72.9 Å². The van der Waals surface area contributed by atoms with Crippen molar-refractivity contribution in [3.63, 3.8) is 0 Å². The van der Waals surface area contributed by atoms with Crippen LogP contribution in [0.15, 0.2) is 9.98 Å². The van der Waals surface area contributed by atoms with Gasteiger partial charge in [0.05, 0.1) is 0 Å². The van der Waals surface area contributed by atoms with E-state index in [2.05, 4.69) is 29.1 Å². The normalized spacial score (nSPS) is 13.7. The fraction of sp³-hybridized carbons (Fsp3) is 0.714. The third-order valence-corrected chi connectivity index (χ3v) is 1.12. The number of hydrogen-bond acceptors (Lipinski definition) is 2. The highest BCUT2D eigenvalue weighted by molar-refractivity contribution is 5.96. The molecular weight excluding hydrogens is 154 g/mol. The van der Waals surface area contributed by atoms with Gasteiger partial charge in [-0.15, -0.1) is 0 Å². The molecule has 0 saturated heterocycles. The zero-order valence-corrected chi connectivity index (χ0v) is 7.83. The zero-order valence-electron chi connectivity index (χ0n) is 7.83. The Morgan fingerprint density at radius 2 is 1.92 bits per heavy atom. The number of aliphatic imine (C=N–C) groups is 2. The summed E-state index contributed by atoms with van der Waals surface area (Å²) in [5.74, 6) is 1.08. The van der Waals surface area contributed by atoms with Crippen molar-refractivity contribution < 1.29 is 0 Å². The van der Waals surface area contributed by atoms with Gasteiger partial charge in [0, 0.05) is 13.6 Å². The summed E-state index contributed by atoms with van der Waals surface area (Å²) in [6.45, 7) is 4.82. The van der Waals surface area contributed by atoms with Crippen LogP contribution in [-0.2, 0) is 0 Å². The van der Waals surface area contributed by atoms with Crippen LogP contribution in [0, 0.1) is 5.92 Å².